The molecule has 1 unspecified atom stereocenters. The van der Waals surface area contributed by atoms with Crippen LogP contribution in [0.5, 0.6) is 0 Å². The van der Waals surface area contributed by atoms with Gasteiger partial charge in [0.05, 0.1) is 12.7 Å². The first-order chi connectivity index (χ1) is 8.55. The highest BCUT2D eigenvalue weighted by Gasteiger charge is 2.31. The Labute approximate surface area is 105 Å². The maximum Gasteiger partial charge on any atom is 0.246 e. The molecule has 0 radical (unpaired) electrons. The van der Waals surface area contributed by atoms with Gasteiger partial charge in [0.25, 0.3) is 0 Å². The number of nitrogens with two attached hydrogens (primary N) is 1. The van der Waals surface area contributed by atoms with Crippen LogP contribution in [-0.4, -0.2) is 45.1 Å². The lowest BCUT2D eigenvalue weighted by molar-refractivity contribution is 0.00445. The molecule has 0 spiro atoms. The van der Waals surface area contributed by atoms with Crippen molar-refractivity contribution in [3.05, 3.63) is 30.1 Å². The zero-order valence-electron chi connectivity index (χ0n) is 9.75. The molecule has 0 aliphatic carbocycles. The van der Waals surface area contributed by atoms with Gasteiger partial charge >= 0.3 is 0 Å². The van der Waals surface area contributed by atoms with Gasteiger partial charge in [-0.3, -0.25) is 0 Å². The van der Waals surface area contributed by atoms with Crippen molar-refractivity contribution in [3.8, 4) is 0 Å². The number of halogens is 1. The molecule has 2 rings (SSSR count). The Morgan fingerprint density at radius 3 is 2.83 bits per heavy atom. The fraction of sp³-hybridized carbons (Fsp3) is 0.455. The third kappa shape index (κ3) is 2.54. The average Bonchev–Trinajstić information content (AvgIpc) is 2.39. The van der Waals surface area contributed by atoms with E-state index >= 15 is 0 Å². The Hall–Kier alpha value is -1.02. The van der Waals surface area contributed by atoms with Crippen molar-refractivity contribution in [1.82, 2.24) is 4.31 Å². The number of ether oxygens (including phenoxy) is 1. The van der Waals surface area contributed by atoms with E-state index in [2.05, 4.69) is 0 Å². The summed E-state index contributed by atoms with van der Waals surface area (Å²) in [7, 11) is -3.81. The topological polar surface area (TPSA) is 72.6 Å². The molecule has 1 atom stereocenters. The second-order valence-electron chi connectivity index (χ2n) is 4.02. The number of hydrogen-bond acceptors (Lipinski definition) is 4. The highest BCUT2D eigenvalue weighted by atomic mass is 32.2. The summed E-state index contributed by atoms with van der Waals surface area (Å²) in [5, 5.41) is 0. The van der Waals surface area contributed by atoms with E-state index in [-0.39, 0.29) is 37.2 Å². The van der Waals surface area contributed by atoms with E-state index in [9.17, 15) is 12.8 Å². The molecule has 1 heterocycles. The second-order valence-corrected chi connectivity index (χ2v) is 5.93. The first-order valence-electron chi connectivity index (χ1n) is 5.62. The molecule has 0 bridgehead atoms. The Balaban J connectivity index is 2.29. The lowest BCUT2D eigenvalue weighted by Gasteiger charge is -2.31. The zero-order chi connectivity index (χ0) is 13.2. The molecule has 18 heavy (non-hydrogen) atoms. The van der Waals surface area contributed by atoms with Crippen LogP contribution in [0, 0.1) is 5.82 Å². The van der Waals surface area contributed by atoms with Crippen molar-refractivity contribution >= 4 is 10.0 Å². The minimum absolute atomic E-state index is 0.160. The first kappa shape index (κ1) is 13.4. The minimum atomic E-state index is -3.81. The number of rotatable bonds is 3. The largest absolute Gasteiger partial charge is 0.374 e. The molecule has 5 nitrogen and oxygen atoms in total. The summed E-state index contributed by atoms with van der Waals surface area (Å²) in [5.41, 5.74) is 5.46. The third-order valence-electron chi connectivity index (χ3n) is 2.82. The van der Waals surface area contributed by atoms with Crippen LogP contribution in [0.4, 0.5) is 4.39 Å². The van der Waals surface area contributed by atoms with Crippen molar-refractivity contribution < 1.29 is 17.5 Å². The smallest absolute Gasteiger partial charge is 0.246 e. The molecule has 0 aromatic heterocycles. The van der Waals surface area contributed by atoms with Gasteiger partial charge in [0.15, 0.2) is 0 Å². The first-order valence-corrected chi connectivity index (χ1v) is 7.06. The van der Waals surface area contributed by atoms with E-state index in [0.29, 0.717) is 0 Å². The van der Waals surface area contributed by atoms with Gasteiger partial charge in [-0.2, -0.15) is 4.31 Å². The fourth-order valence-corrected chi connectivity index (χ4v) is 3.37. The highest BCUT2D eigenvalue weighted by molar-refractivity contribution is 7.89. The zero-order valence-corrected chi connectivity index (χ0v) is 10.6. The average molecular weight is 274 g/mol. The van der Waals surface area contributed by atoms with Crippen molar-refractivity contribution in [3.63, 3.8) is 0 Å². The maximum atomic E-state index is 13.6. The Bertz CT molecular complexity index is 521. The van der Waals surface area contributed by atoms with Crippen LogP contribution in [-0.2, 0) is 14.8 Å². The molecule has 1 aromatic rings. The normalized spacial score (nSPS) is 22.0. The minimum Gasteiger partial charge on any atom is -0.374 e. The third-order valence-corrected chi connectivity index (χ3v) is 4.72. The van der Waals surface area contributed by atoms with Gasteiger partial charge in [-0.15, -0.1) is 0 Å². The molecule has 100 valence electrons. The van der Waals surface area contributed by atoms with Crippen molar-refractivity contribution in [2.75, 3.05) is 26.2 Å². The van der Waals surface area contributed by atoms with Gasteiger partial charge in [-0.25, -0.2) is 12.8 Å². The number of sulfonamides is 1. The Kier molecular flexibility index (Phi) is 3.96. The molecule has 1 aromatic carbocycles. The molecule has 0 amide bonds. The van der Waals surface area contributed by atoms with Gasteiger partial charge in [0.1, 0.15) is 10.7 Å². The van der Waals surface area contributed by atoms with Gasteiger partial charge in [-0.1, -0.05) is 12.1 Å². The molecule has 0 saturated carbocycles. The fourth-order valence-electron chi connectivity index (χ4n) is 1.85. The van der Waals surface area contributed by atoms with E-state index in [0.717, 1.165) is 6.07 Å². The number of nitrogens with zero attached hydrogens (tertiary/aromatic N) is 1. The summed E-state index contributed by atoms with van der Waals surface area (Å²) in [6.07, 6.45) is -0.333. The lowest BCUT2D eigenvalue weighted by Crippen LogP contribution is -2.48. The van der Waals surface area contributed by atoms with E-state index in [1.54, 1.807) is 0 Å². The highest BCUT2D eigenvalue weighted by Crippen LogP contribution is 2.20. The lowest BCUT2D eigenvalue weighted by atomic mass is 10.3. The Morgan fingerprint density at radius 1 is 1.44 bits per heavy atom. The van der Waals surface area contributed by atoms with Crippen LogP contribution in [0.15, 0.2) is 29.2 Å². The second kappa shape index (κ2) is 5.31. The molecule has 1 aliphatic heterocycles. The van der Waals surface area contributed by atoms with Crippen LogP contribution in [0.1, 0.15) is 0 Å². The molecule has 1 aliphatic rings. The summed E-state index contributed by atoms with van der Waals surface area (Å²) in [5.74, 6) is -0.742. The molecule has 1 fully saturated rings. The van der Waals surface area contributed by atoms with Crippen LogP contribution in [0.2, 0.25) is 0 Å². The molecular weight excluding hydrogens is 259 g/mol. The predicted molar refractivity (Wildman–Crippen MR) is 64.0 cm³/mol. The van der Waals surface area contributed by atoms with Crippen LogP contribution in [0.25, 0.3) is 0 Å². The van der Waals surface area contributed by atoms with E-state index < -0.39 is 15.8 Å². The van der Waals surface area contributed by atoms with Crippen LogP contribution in [0.3, 0.4) is 0 Å². The standard InChI is InChI=1S/C11H15FN2O3S/c12-10-3-1-2-4-11(10)18(15,16)14-5-6-17-9(7-13)8-14/h1-4,9H,5-8,13H2. The molecular formula is C11H15FN2O3S. The summed E-state index contributed by atoms with van der Waals surface area (Å²) in [6.45, 7) is 0.888. The predicted octanol–water partition coefficient (Wildman–Crippen LogP) is 0.174. The molecule has 1 saturated heterocycles. The van der Waals surface area contributed by atoms with Gasteiger partial charge in [0, 0.05) is 19.6 Å². The SMILES string of the molecule is NCC1CN(S(=O)(=O)c2ccccc2F)CCO1. The van der Waals surface area contributed by atoms with Crippen molar-refractivity contribution in [2.24, 2.45) is 5.73 Å². The van der Waals surface area contributed by atoms with E-state index in [4.69, 9.17) is 10.5 Å². The summed E-state index contributed by atoms with van der Waals surface area (Å²) >= 11 is 0. The monoisotopic (exact) mass is 274 g/mol. The van der Waals surface area contributed by atoms with Crippen molar-refractivity contribution in [2.45, 2.75) is 11.0 Å². The summed E-state index contributed by atoms with van der Waals surface area (Å²) in [6, 6.07) is 5.35. The van der Waals surface area contributed by atoms with Crippen LogP contribution < -0.4 is 5.73 Å². The number of hydrogen-bond donors (Lipinski definition) is 1. The van der Waals surface area contributed by atoms with E-state index in [1.165, 1.54) is 22.5 Å². The van der Waals surface area contributed by atoms with E-state index in [1.807, 2.05) is 0 Å². The number of morpholine rings is 1. The quantitative estimate of drug-likeness (QED) is 0.853. The maximum absolute atomic E-state index is 13.6. The van der Waals surface area contributed by atoms with Crippen LogP contribution >= 0.6 is 0 Å². The molecule has 7 heteroatoms. The van der Waals surface area contributed by atoms with Crippen molar-refractivity contribution in [1.29, 1.82) is 0 Å². The van der Waals surface area contributed by atoms with Gasteiger partial charge < -0.3 is 10.5 Å². The molecule has 2 N–H and O–H groups in total. The summed E-state index contributed by atoms with van der Waals surface area (Å²) in [4.78, 5) is -0.303. The summed E-state index contributed by atoms with van der Waals surface area (Å²) < 4.78 is 44.6. The van der Waals surface area contributed by atoms with Gasteiger partial charge in [0.2, 0.25) is 10.0 Å². The Morgan fingerprint density at radius 2 is 2.17 bits per heavy atom. The van der Waals surface area contributed by atoms with Gasteiger partial charge in [-0.05, 0) is 12.1 Å². The number of benzene rings is 1.